The van der Waals surface area contributed by atoms with Gasteiger partial charge in [-0.25, -0.2) is 4.79 Å². The van der Waals surface area contributed by atoms with Crippen LogP contribution in [0.15, 0.2) is 29.2 Å². The monoisotopic (exact) mass is 465 g/mol. The maximum Gasteiger partial charge on any atom is 0.327 e. The number of unbranched alkanes of at least 4 members (excludes halogenated alkanes) is 5. The summed E-state index contributed by atoms with van der Waals surface area (Å²) >= 11 is 6.08. The summed E-state index contributed by atoms with van der Waals surface area (Å²) < 4.78 is 5.78. The van der Waals surface area contributed by atoms with Crippen molar-refractivity contribution < 1.29 is 29.3 Å². The van der Waals surface area contributed by atoms with Crippen molar-refractivity contribution in [3.8, 4) is 5.75 Å². The molecule has 31 heavy (non-hydrogen) atoms. The first-order chi connectivity index (χ1) is 14.8. The van der Waals surface area contributed by atoms with Crippen molar-refractivity contribution in [2.45, 2.75) is 57.9 Å². The molecule has 1 amide bonds. The van der Waals surface area contributed by atoms with Gasteiger partial charge in [0.25, 0.3) is 5.91 Å². The lowest BCUT2D eigenvalue weighted by Crippen LogP contribution is -2.45. The maximum absolute atomic E-state index is 12.7. The number of thioether (sulfide) groups is 1. The summed E-state index contributed by atoms with van der Waals surface area (Å²) in [7, 11) is 0. The molecule has 168 valence electrons. The van der Waals surface area contributed by atoms with E-state index in [9.17, 15) is 19.5 Å². The molecular formula is C22H27NO6S2. The van der Waals surface area contributed by atoms with Crippen molar-refractivity contribution in [3.63, 3.8) is 0 Å². The lowest BCUT2D eigenvalue weighted by atomic mass is 10.1. The Kier molecular flexibility index (Phi) is 10.00. The normalized spacial score (nSPS) is 16.0. The number of hydrogen-bond donors (Lipinski definition) is 2. The number of rotatable bonds is 13. The fourth-order valence-electron chi connectivity index (χ4n) is 3.09. The molecule has 1 saturated heterocycles. The van der Waals surface area contributed by atoms with Crippen LogP contribution >= 0.6 is 24.0 Å². The predicted molar refractivity (Wildman–Crippen MR) is 124 cm³/mol. The van der Waals surface area contributed by atoms with Gasteiger partial charge in [-0.3, -0.25) is 14.5 Å². The van der Waals surface area contributed by atoms with E-state index in [0.717, 1.165) is 40.8 Å². The van der Waals surface area contributed by atoms with Crippen LogP contribution < -0.4 is 4.74 Å². The van der Waals surface area contributed by atoms with Gasteiger partial charge >= 0.3 is 11.9 Å². The van der Waals surface area contributed by atoms with Crippen LogP contribution in [0.3, 0.4) is 0 Å². The number of benzene rings is 1. The predicted octanol–water partition coefficient (Wildman–Crippen LogP) is 4.56. The van der Waals surface area contributed by atoms with Gasteiger partial charge in [0.05, 0.1) is 17.9 Å². The summed E-state index contributed by atoms with van der Waals surface area (Å²) in [5, 5.41) is 18.2. The molecule has 9 heteroatoms. The van der Waals surface area contributed by atoms with Crippen molar-refractivity contribution in [1.82, 2.24) is 4.90 Å². The highest BCUT2D eigenvalue weighted by Gasteiger charge is 2.41. The third kappa shape index (κ3) is 7.66. The highest BCUT2D eigenvalue weighted by atomic mass is 32.2. The number of aliphatic carboxylic acids is 2. The molecule has 1 aliphatic heterocycles. The summed E-state index contributed by atoms with van der Waals surface area (Å²) in [5.41, 5.74) is 0.734. The third-order valence-corrected chi connectivity index (χ3v) is 6.06. The molecule has 0 spiro atoms. The Hall–Kier alpha value is -2.39. The Labute approximate surface area is 191 Å². The molecule has 1 aromatic carbocycles. The molecule has 1 fully saturated rings. The zero-order chi connectivity index (χ0) is 22.8. The number of nitrogens with zero attached hydrogens (tertiary/aromatic N) is 1. The van der Waals surface area contributed by atoms with Crippen molar-refractivity contribution in [1.29, 1.82) is 0 Å². The average molecular weight is 466 g/mol. The van der Waals surface area contributed by atoms with Gasteiger partial charge in [0, 0.05) is 0 Å². The van der Waals surface area contributed by atoms with E-state index in [0.29, 0.717) is 6.61 Å². The standard InChI is InChI=1S/C22H27NO6S2/c1-2-3-4-5-6-7-12-29-16-10-8-15(9-11-16)13-18-20(26)23(22(30)31-18)17(21(27)28)14-19(24)25/h8-11,13,17H,2-7,12,14H2,1H3,(H,24,25)(H,27,28)/b18-13-/t17-/m1/s1. The SMILES string of the molecule is CCCCCCCCOc1ccc(/C=C2\SC(=S)N([C@H](CC(=O)O)C(=O)O)C2=O)cc1. The Balaban J connectivity index is 1.94. The summed E-state index contributed by atoms with van der Waals surface area (Å²) in [6.45, 7) is 2.85. The summed E-state index contributed by atoms with van der Waals surface area (Å²) in [5.74, 6) is -2.59. The van der Waals surface area contributed by atoms with Crippen LogP contribution in [0, 0.1) is 0 Å². The van der Waals surface area contributed by atoms with E-state index in [1.54, 1.807) is 18.2 Å². The van der Waals surface area contributed by atoms with Crippen LogP contribution in [0.5, 0.6) is 5.75 Å². The van der Waals surface area contributed by atoms with Crippen LogP contribution in [0.4, 0.5) is 0 Å². The minimum absolute atomic E-state index is 0.0313. The van der Waals surface area contributed by atoms with E-state index >= 15 is 0 Å². The first kappa shape index (κ1) is 24.9. The first-order valence-electron chi connectivity index (χ1n) is 10.3. The number of carboxylic acid groups (broad SMARTS) is 2. The Morgan fingerprint density at radius 1 is 1.13 bits per heavy atom. The van der Waals surface area contributed by atoms with Gasteiger partial charge in [-0.15, -0.1) is 0 Å². The van der Waals surface area contributed by atoms with Crippen LogP contribution in [-0.2, 0) is 14.4 Å². The number of hydrogen-bond acceptors (Lipinski definition) is 6. The fraction of sp³-hybridized carbons (Fsp3) is 0.455. The van der Waals surface area contributed by atoms with Gasteiger partial charge in [-0.2, -0.15) is 0 Å². The molecule has 0 radical (unpaired) electrons. The molecular weight excluding hydrogens is 438 g/mol. The van der Waals surface area contributed by atoms with Crippen molar-refractivity contribution in [2.24, 2.45) is 0 Å². The molecule has 0 aromatic heterocycles. The van der Waals surface area contributed by atoms with E-state index < -0.39 is 30.3 Å². The van der Waals surface area contributed by atoms with Gasteiger partial charge in [0.1, 0.15) is 16.1 Å². The molecule has 1 aromatic rings. The van der Waals surface area contributed by atoms with E-state index in [-0.39, 0.29) is 9.23 Å². The van der Waals surface area contributed by atoms with E-state index in [1.165, 1.54) is 25.7 Å². The number of amides is 1. The third-order valence-electron chi connectivity index (χ3n) is 4.73. The van der Waals surface area contributed by atoms with Crippen LogP contribution in [0.1, 0.15) is 57.4 Å². The molecule has 1 atom stereocenters. The van der Waals surface area contributed by atoms with E-state index in [1.807, 2.05) is 12.1 Å². The maximum atomic E-state index is 12.7. The molecule has 1 aliphatic rings. The largest absolute Gasteiger partial charge is 0.494 e. The van der Waals surface area contributed by atoms with Gasteiger partial charge < -0.3 is 14.9 Å². The molecule has 0 unspecified atom stereocenters. The Morgan fingerprint density at radius 2 is 1.77 bits per heavy atom. The highest BCUT2D eigenvalue weighted by Crippen LogP contribution is 2.34. The Morgan fingerprint density at radius 3 is 2.39 bits per heavy atom. The topological polar surface area (TPSA) is 104 Å². The lowest BCUT2D eigenvalue weighted by Gasteiger charge is -2.21. The van der Waals surface area contributed by atoms with Crippen LogP contribution in [0.25, 0.3) is 6.08 Å². The van der Waals surface area contributed by atoms with Crippen molar-refractivity contribution >= 4 is 52.2 Å². The molecule has 7 nitrogen and oxygen atoms in total. The van der Waals surface area contributed by atoms with Crippen LogP contribution in [-0.4, -0.2) is 49.9 Å². The quantitative estimate of drug-likeness (QED) is 0.248. The van der Waals surface area contributed by atoms with E-state index in [2.05, 4.69) is 6.92 Å². The lowest BCUT2D eigenvalue weighted by molar-refractivity contribution is -0.150. The van der Waals surface area contributed by atoms with Gasteiger partial charge in [-0.05, 0) is 30.2 Å². The molecule has 1 heterocycles. The fourth-order valence-corrected chi connectivity index (χ4v) is 4.44. The second-order valence-corrected chi connectivity index (χ2v) is 8.86. The second-order valence-electron chi connectivity index (χ2n) is 7.19. The van der Waals surface area contributed by atoms with Crippen molar-refractivity contribution in [3.05, 3.63) is 34.7 Å². The number of carboxylic acids is 2. The highest BCUT2D eigenvalue weighted by molar-refractivity contribution is 8.26. The number of carbonyl (C=O) groups excluding carboxylic acids is 1. The zero-order valence-corrected chi connectivity index (χ0v) is 19.0. The van der Waals surface area contributed by atoms with Gasteiger partial charge in [-0.1, -0.05) is 75.1 Å². The average Bonchev–Trinajstić information content (AvgIpc) is 2.99. The summed E-state index contributed by atoms with van der Waals surface area (Å²) in [6, 6.07) is 5.69. The smallest absolute Gasteiger partial charge is 0.327 e. The van der Waals surface area contributed by atoms with Gasteiger partial charge in [0.2, 0.25) is 0 Å². The molecule has 0 aliphatic carbocycles. The van der Waals surface area contributed by atoms with E-state index in [4.69, 9.17) is 22.1 Å². The zero-order valence-electron chi connectivity index (χ0n) is 17.4. The van der Waals surface area contributed by atoms with Crippen molar-refractivity contribution in [2.75, 3.05) is 6.61 Å². The number of carbonyl (C=O) groups is 3. The first-order valence-corrected chi connectivity index (χ1v) is 11.5. The molecule has 0 bridgehead atoms. The number of ether oxygens (including phenoxy) is 1. The summed E-state index contributed by atoms with van der Waals surface area (Å²) in [4.78, 5) is 36.2. The van der Waals surface area contributed by atoms with Gasteiger partial charge in [0.15, 0.2) is 0 Å². The summed E-state index contributed by atoms with van der Waals surface area (Å²) in [6.07, 6.45) is 8.04. The van der Waals surface area contributed by atoms with Crippen LogP contribution in [0.2, 0.25) is 0 Å². The molecule has 0 saturated carbocycles. The molecule has 2 N–H and O–H groups in total. The second kappa shape index (κ2) is 12.5. The number of thiocarbonyl (C=S) groups is 1. The molecule has 2 rings (SSSR count). The minimum Gasteiger partial charge on any atom is -0.494 e. The Bertz CT molecular complexity index is 837. The minimum atomic E-state index is -1.53.